The molecule has 0 heterocycles. The molecule has 0 spiro atoms. The van der Waals surface area contributed by atoms with Crippen LogP contribution < -0.4 is 0 Å². The van der Waals surface area contributed by atoms with Crippen molar-refractivity contribution in [3.05, 3.63) is 34.9 Å². The van der Waals surface area contributed by atoms with Gasteiger partial charge in [-0.3, -0.25) is 4.79 Å². The summed E-state index contributed by atoms with van der Waals surface area (Å²) in [5.74, 6) is -0.0391. The Balaban J connectivity index is 2.97. The van der Waals surface area contributed by atoms with E-state index < -0.39 is 5.60 Å². The van der Waals surface area contributed by atoms with Crippen LogP contribution in [0.3, 0.4) is 0 Å². The Hall–Kier alpha value is -1.35. The number of hydrogen-bond acceptors (Lipinski definition) is 2. The van der Waals surface area contributed by atoms with E-state index in [2.05, 4.69) is 0 Å². The summed E-state index contributed by atoms with van der Waals surface area (Å²) in [5, 5.41) is 9.73. The maximum Gasteiger partial charge on any atom is 0.254 e. The van der Waals surface area contributed by atoms with Crippen molar-refractivity contribution >= 4 is 5.91 Å². The summed E-state index contributed by atoms with van der Waals surface area (Å²) in [4.78, 5) is 13.8. The highest BCUT2D eigenvalue weighted by Gasteiger charge is 2.22. The highest BCUT2D eigenvalue weighted by atomic mass is 16.3. The number of rotatable bonds is 3. The van der Waals surface area contributed by atoms with E-state index in [-0.39, 0.29) is 5.91 Å². The van der Waals surface area contributed by atoms with Gasteiger partial charge in [-0.2, -0.15) is 0 Å². The largest absolute Gasteiger partial charge is 0.389 e. The number of amides is 1. The molecular formula is C14H21NO2. The van der Waals surface area contributed by atoms with Crippen molar-refractivity contribution in [1.29, 1.82) is 0 Å². The SMILES string of the molecule is Cc1cccc(C)c1C(=O)N(C)CC(C)(C)O. The second kappa shape index (κ2) is 4.88. The lowest BCUT2D eigenvalue weighted by molar-refractivity contribution is 0.0367. The molecule has 0 fully saturated rings. The Morgan fingerprint density at radius 3 is 2.18 bits per heavy atom. The molecule has 0 aromatic heterocycles. The number of hydrogen-bond donors (Lipinski definition) is 1. The summed E-state index contributed by atoms with van der Waals surface area (Å²) in [6.45, 7) is 7.57. The first-order chi connectivity index (χ1) is 7.72. The summed E-state index contributed by atoms with van der Waals surface area (Å²) >= 11 is 0. The first kappa shape index (κ1) is 13.7. The van der Waals surface area contributed by atoms with Crippen LogP contribution in [0.2, 0.25) is 0 Å². The highest BCUT2D eigenvalue weighted by molar-refractivity contribution is 5.96. The molecule has 0 unspecified atom stereocenters. The number of aryl methyl sites for hydroxylation is 2. The van der Waals surface area contributed by atoms with Crippen LogP contribution in [0.15, 0.2) is 18.2 Å². The van der Waals surface area contributed by atoms with Crippen LogP contribution in [0.25, 0.3) is 0 Å². The number of carbonyl (C=O) groups is 1. The minimum atomic E-state index is -0.874. The molecule has 1 rings (SSSR count). The van der Waals surface area contributed by atoms with Crippen LogP contribution >= 0.6 is 0 Å². The first-order valence-electron chi connectivity index (χ1n) is 5.76. The zero-order chi connectivity index (χ0) is 13.2. The van der Waals surface area contributed by atoms with Crippen molar-refractivity contribution in [2.24, 2.45) is 0 Å². The maximum atomic E-state index is 12.3. The van der Waals surface area contributed by atoms with Gasteiger partial charge in [-0.15, -0.1) is 0 Å². The van der Waals surface area contributed by atoms with Gasteiger partial charge in [0.15, 0.2) is 0 Å². The predicted molar refractivity (Wildman–Crippen MR) is 69.2 cm³/mol. The van der Waals surface area contributed by atoms with E-state index in [9.17, 15) is 9.90 Å². The molecule has 0 atom stereocenters. The van der Waals surface area contributed by atoms with Gasteiger partial charge >= 0.3 is 0 Å². The van der Waals surface area contributed by atoms with Crippen molar-refractivity contribution in [2.75, 3.05) is 13.6 Å². The predicted octanol–water partition coefficient (Wildman–Crippen LogP) is 2.15. The molecule has 17 heavy (non-hydrogen) atoms. The number of likely N-dealkylation sites (N-methyl/N-ethyl adjacent to an activating group) is 1. The molecular weight excluding hydrogens is 214 g/mol. The third kappa shape index (κ3) is 3.56. The van der Waals surface area contributed by atoms with Gasteiger partial charge in [-0.05, 0) is 38.8 Å². The minimum Gasteiger partial charge on any atom is -0.389 e. The van der Waals surface area contributed by atoms with E-state index in [0.717, 1.165) is 16.7 Å². The maximum absolute atomic E-state index is 12.3. The molecule has 0 aliphatic rings. The monoisotopic (exact) mass is 235 g/mol. The Morgan fingerprint density at radius 2 is 1.76 bits per heavy atom. The summed E-state index contributed by atoms with van der Waals surface area (Å²) in [5.41, 5.74) is 1.80. The Labute approximate surface area is 103 Å². The molecule has 94 valence electrons. The summed E-state index contributed by atoms with van der Waals surface area (Å²) in [6.07, 6.45) is 0. The fourth-order valence-electron chi connectivity index (χ4n) is 1.99. The van der Waals surface area contributed by atoms with Gasteiger partial charge in [0.05, 0.1) is 5.60 Å². The Bertz CT molecular complexity index is 398. The van der Waals surface area contributed by atoms with E-state index in [1.807, 2.05) is 32.0 Å². The van der Waals surface area contributed by atoms with E-state index in [1.165, 1.54) is 0 Å². The van der Waals surface area contributed by atoms with E-state index in [0.29, 0.717) is 6.54 Å². The number of benzene rings is 1. The average Bonchev–Trinajstić information content (AvgIpc) is 2.14. The second-order valence-electron chi connectivity index (χ2n) is 5.24. The quantitative estimate of drug-likeness (QED) is 0.872. The topological polar surface area (TPSA) is 40.5 Å². The minimum absolute atomic E-state index is 0.0391. The molecule has 0 aliphatic heterocycles. The molecule has 0 aliphatic carbocycles. The number of carbonyl (C=O) groups excluding carboxylic acids is 1. The van der Waals surface area contributed by atoms with E-state index >= 15 is 0 Å². The van der Waals surface area contributed by atoms with Crippen LogP contribution in [0.5, 0.6) is 0 Å². The molecule has 3 nitrogen and oxygen atoms in total. The number of nitrogens with zero attached hydrogens (tertiary/aromatic N) is 1. The molecule has 0 saturated carbocycles. The van der Waals surface area contributed by atoms with E-state index in [4.69, 9.17) is 0 Å². The van der Waals surface area contributed by atoms with Gasteiger partial charge in [-0.1, -0.05) is 18.2 Å². The molecule has 1 amide bonds. The molecule has 1 N–H and O–H groups in total. The average molecular weight is 235 g/mol. The third-order valence-corrected chi connectivity index (χ3v) is 2.67. The van der Waals surface area contributed by atoms with Crippen LogP contribution in [0.1, 0.15) is 35.3 Å². The van der Waals surface area contributed by atoms with Gasteiger partial charge in [0, 0.05) is 19.2 Å². The van der Waals surface area contributed by atoms with Gasteiger partial charge in [0.2, 0.25) is 0 Å². The zero-order valence-corrected chi connectivity index (χ0v) is 11.2. The molecule has 1 aromatic carbocycles. The van der Waals surface area contributed by atoms with E-state index in [1.54, 1.807) is 25.8 Å². The summed E-state index contributed by atoms with van der Waals surface area (Å²) in [7, 11) is 1.71. The lowest BCUT2D eigenvalue weighted by atomic mass is 10.0. The lowest BCUT2D eigenvalue weighted by Gasteiger charge is -2.26. The van der Waals surface area contributed by atoms with Crippen LogP contribution in [0.4, 0.5) is 0 Å². The molecule has 1 aromatic rings. The molecule has 0 saturated heterocycles. The molecule has 0 radical (unpaired) electrons. The van der Waals surface area contributed by atoms with Crippen molar-refractivity contribution < 1.29 is 9.90 Å². The molecule has 3 heteroatoms. The molecule has 0 bridgehead atoms. The van der Waals surface area contributed by atoms with Crippen molar-refractivity contribution in [2.45, 2.75) is 33.3 Å². The highest BCUT2D eigenvalue weighted by Crippen LogP contribution is 2.16. The van der Waals surface area contributed by atoms with Crippen LogP contribution in [-0.2, 0) is 0 Å². The van der Waals surface area contributed by atoms with Crippen LogP contribution in [-0.4, -0.2) is 35.1 Å². The van der Waals surface area contributed by atoms with Gasteiger partial charge in [-0.25, -0.2) is 0 Å². The van der Waals surface area contributed by atoms with Crippen molar-refractivity contribution in [1.82, 2.24) is 4.90 Å². The normalized spacial score (nSPS) is 11.4. The lowest BCUT2D eigenvalue weighted by Crippen LogP contribution is -2.40. The van der Waals surface area contributed by atoms with Crippen molar-refractivity contribution in [3.63, 3.8) is 0 Å². The van der Waals surface area contributed by atoms with Crippen molar-refractivity contribution in [3.8, 4) is 0 Å². The second-order valence-corrected chi connectivity index (χ2v) is 5.24. The Morgan fingerprint density at radius 1 is 1.29 bits per heavy atom. The van der Waals surface area contributed by atoms with Gasteiger partial charge in [0.1, 0.15) is 0 Å². The summed E-state index contributed by atoms with van der Waals surface area (Å²) in [6, 6.07) is 5.80. The summed E-state index contributed by atoms with van der Waals surface area (Å²) < 4.78 is 0. The first-order valence-corrected chi connectivity index (χ1v) is 5.76. The fraction of sp³-hybridized carbons (Fsp3) is 0.500. The third-order valence-electron chi connectivity index (χ3n) is 2.67. The standard InChI is InChI=1S/C14H21NO2/c1-10-7-6-8-11(2)12(10)13(16)15(5)9-14(3,4)17/h6-8,17H,9H2,1-5H3. The smallest absolute Gasteiger partial charge is 0.254 e. The van der Waals surface area contributed by atoms with Crippen LogP contribution in [0, 0.1) is 13.8 Å². The Kier molecular flexibility index (Phi) is 3.94. The van der Waals surface area contributed by atoms with Gasteiger partial charge in [0.25, 0.3) is 5.91 Å². The van der Waals surface area contributed by atoms with Gasteiger partial charge < -0.3 is 10.0 Å². The number of aliphatic hydroxyl groups is 1. The fourth-order valence-corrected chi connectivity index (χ4v) is 1.99. The zero-order valence-electron chi connectivity index (χ0n) is 11.2.